The number of hydrogen-bond acceptors (Lipinski definition) is 0. The minimum absolute atomic E-state index is 0. The molecular weight excluding hydrogens is 242 g/mol. The van der Waals surface area contributed by atoms with E-state index in [0.717, 1.165) is 6.54 Å². The van der Waals surface area contributed by atoms with Gasteiger partial charge in [-0.2, -0.15) is 0 Å². The molecule has 108 valence electrons. The molecule has 1 atom stereocenters. The summed E-state index contributed by atoms with van der Waals surface area (Å²) >= 11 is 0. The predicted octanol–water partition coefficient (Wildman–Crippen LogP) is 0.388. The van der Waals surface area contributed by atoms with E-state index in [4.69, 9.17) is 0 Å². The van der Waals surface area contributed by atoms with E-state index in [2.05, 4.69) is 39.5 Å². The van der Waals surface area contributed by atoms with E-state index in [1.807, 2.05) is 0 Å². The van der Waals surface area contributed by atoms with Gasteiger partial charge in [0.1, 0.15) is 0 Å². The minimum atomic E-state index is 0. The van der Waals surface area contributed by atoms with Gasteiger partial charge in [0.05, 0.1) is 19.6 Å². The summed E-state index contributed by atoms with van der Waals surface area (Å²) in [5.74, 6) is 0. The van der Waals surface area contributed by atoms with Crippen LogP contribution in [0.15, 0.2) is 24.3 Å². The molecule has 0 aliphatic heterocycles. The molecule has 1 unspecified atom stereocenters. The first kappa shape index (κ1) is 20.1. The van der Waals surface area contributed by atoms with Crippen LogP contribution < -0.4 is 17.3 Å². The van der Waals surface area contributed by atoms with Gasteiger partial charge >= 0.3 is 0 Å². The number of unbranched alkanes of at least 4 members (excludes halogenated alkanes) is 3. The normalized spacial score (nSPS) is 11.5. The molecule has 0 aliphatic rings. The maximum Gasteiger partial charge on any atom is 0.0963 e. The van der Waals surface area contributed by atoms with Crippen molar-refractivity contribution in [3.05, 3.63) is 24.3 Å². The zero-order valence-electron chi connectivity index (χ0n) is 12.6. The molecule has 0 radical (unpaired) electrons. The Morgan fingerprint density at radius 3 is 2.17 bits per heavy atom. The predicted molar refractivity (Wildman–Crippen MR) is 78.6 cm³/mol. The number of nitrogens with one attached hydrogen (secondary N) is 1. The first-order chi connectivity index (χ1) is 8.28. The average Bonchev–Trinajstić information content (AvgIpc) is 2.35. The van der Waals surface area contributed by atoms with Crippen LogP contribution in [0, 0.1) is 0 Å². The largest absolute Gasteiger partial charge is 1.00 e. The molecule has 0 aromatic carbocycles. The summed E-state index contributed by atoms with van der Waals surface area (Å²) in [7, 11) is 0. The molecule has 0 saturated carbocycles. The Bertz CT molecular complexity index is 205. The van der Waals surface area contributed by atoms with Gasteiger partial charge < -0.3 is 17.3 Å². The second-order valence-corrected chi connectivity index (χ2v) is 4.83. The highest BCUT2D eigenvalue weighted by Gasteiger charge is 2.04. The standard InChI is InChI=1S/C16H31N.ClH/c1-5-9-10-11-14-17(13-6-2)15-12-16(7-3)8-4;/h6,12H,2,5,7-11,13-15H2,1,3-4H3;1H. The molecule has 0 bridgehead atoms. The first-order valence-corrected chi connectivity index (χ1v) is 7.40. The van der Waals surface area contributed by atoms with Gasteiger partial charge in [-0.05, 0) is 37.8 Å². The van der Waals surface area contributed by atoms with Gasteiger partial charge in [-0.25, -0.2) is 0 Å². The van der Waals surface area contributed by atoms with E-state index in [1.165, 1.54) is 51.6 Å². The Labute approximate surface area is 121 Å². The Hall–Kier alpha value is -0.270. The Morgan fingerprint density at radius 2 is 1.67 bits per heavy atom. The highest BCUT2D eigenvalue weighted by molar-refractivity contribution is 4.99. The molecule has 1 nitrogen and oxygen atoms in total. The molecule has 2 heteroatoms. The maximum atomic E-state index is 3.87. The van der Waals surface area contributed by atoms with Crippen molar-refractivity contribution >= 4 is 0 Å². The zero-order chi connectivity index (χ0) is 12.9. The lowest BCUT2D eigenvalue weighted by atomic mass is 10.1. The van der Waals surface area contributed by atoms with Gasteiger partial charge in [0.15, 0.2) is 0 Å². The first-order valence-electron chi connectivity index (χ1n) is 7.40. The lowest BCUT2D eigenvalue weighted by molar-refractivity contribution is -0.888. The molecule has 0 saturated heterocycles. The Kier molecular flexibility index (Phi) is 16.5. The van der Waals surface area contributed by atoms with E-state index in [1.54, 1.807) is 10.5 Å². The van der Waals surface area contributed by atoms with E-state index < -0.39 is 0 Å². The smallest absolute Gasteiger partial charge is 0.0963 e. The fraction of sp³-hybridized carbons (Fsp3) is 0.750. The van der Waals surface area contributed by atoms with Gasteiger partial charge in [0.2, 0.25) is 0 Å². The number of allylic oxidation sites excluding steroid dienone is 1. The molecule has 0 heterocycles. The van der Waals surface area contributed by atoms with Crippen LogP contribution in [0.3, 0.4) is 0 Å². The quantitative estimate of drug-likeness (QED) is 0.410. The maximum absolute atomic E-state index is 3.87. The molecular formula is C16H32ClN. The minimum Gasteiger partial charge on any atom is -1.00 e. The van der Waals surface area contributed by atoms with Gasteiger partial charge in [-0.1, -0.05) is 45.8 Å². The second-order valence-electron chi connectivity index (χ2n) is 4.83. The number of quaternary nitrogens is 1. The van der Waals surface area contributed by atoms with Crippen molar-refractivity contribution in [2.24, 2.45) is 0 Å². The number of hydrogen-bond donors (Lipinski definition) is 1. The number of rotatable bonds is 11. The molecule has 0 spiro atoms. The molecule has 0 amide bonds. The molecule has 0 aromatic heterocycles. The summed E-state index contributed by atoms with van der Waals surface area (Å²) in [6.45, 7) is 14.2. The summed E-state index contributed by atoms with van der Waals surface area (Å²) in [6.07, 6.45) is 12.4. The van der Waals surface area contributed by atoms with Gasteiger partial charge in [-0.3, -0.25) is 0 Å². The summed E-state index contributed by atoms with van der Waals surface area (Å²) in [5, 5.41) is 0. The lowest BCUT2D eigenvalue weighted by Gasteiger charge is -2.16. The van der Waals surface area contributed by atoms with Crippen molar-refractivity contribution < 1.29 is 17.3 Å². The van der Waals surface area contributed by atoms with Crippen molar-refractivity contribution in [1.82, 2.24) is 0 Å². The fourth-order valence-corrected chi connectivity index (χ4v) is 2.12. The van der Waals surface area contributed by atoms with Crippen LogP contribution >= 0.6 is 0 Å². The van der Waals surface area contributed by atoms with Crippen molar-refractivity contribution in [3.63, 3.8) is 0 Å². The van der Waals surface area contributed by atoms with E-state index >= 15 is 0 Å². The third-order valence-corrected chi connectivity index (χ3v) is 3.40. The molecule has 18 heavy (non-hydrogen) atoms. The van der Waals surface area contributed by atoms with Crippen LogP contribution in [0.2, 0.25) is 0 Å². The monoisotopic (exact) mass is 273 g/mol. The highest BCUT2D eigenvalue weighted by atomic mass is 35.5. The van der Waals surface area contributed by atoms with Gasteiger partial charge in [-0.15, -0.1) is 0 Å². The fourth-order valence-electron chi connectivity index (χ4n) is 2.12. The Balaban J connectivity index is 0. The summed E-state index contributed by atoms with van der Waals surface area (Å²) in [5.41, 5.74) is 1.60. The summed E-state index contributed by atoms with van der Waals surface area (Å²) in [4.78, 5) is 1.66. The number of halogens is 1. The van der Waals surface area contributed by atoms with Crippen LogP contribution in [0.1, 0.15) is 59.3 Å². The third kappa shape index (κ3) is 10.9. The molecule has 1 N–H and O–H groups in total. The van der Waals surface area contributed by atoms with Gasteiger partial charge in [0, 0.05) is 0 Å². The van der Waals surface area contributed by atoms with Crippen molar-refractivity contribution in [1.29, 1.82) is 0 Å². The van der Waals surface area contributed by atoms with E-state index in [0.29, 0.717) is 0 Å². The summed E-state index contributed by atoms with van der Waals surface area (Å²) in [6, 6.07) is 0. The van der Waals surface area contributed by atoms with Crippen LogP contribution in [-0.2, 0) is 0 Å². The van der Waals surface area contributed by atoms with Crippen LogP contribution in [0.25, 0.3) is 0 Å². The van der Waals surface area contributed by atoms with Crippen LogP contribution in [-0.4, -0.2) is 19.6 Å². The SMILES string of the molecule is C=CC[NH+](CC=C(CC)CC)CCCCCC.[Cl-]. The van der Waals surface area contributed by atoms with Crippen molar-refractivity contribution in [2.75, 3.05) is 19.6 Å². The zero-order valence-corrected chi connectivity index (χ0v) is 13.4. The van der Waals surface area contributed by atoms with Crippen molar-refractivity contribution in [3.8, 4) is 0 Å². The molecule has 0 fully saturated rings. The van der Waals surface area contributed by atoms with Gasteiger partial charge in [0.25, 0.3) is 0 Å². The lowest BCUT2D eigenvalue weighted by Crippen LogP contribution is -3.11. The molecule has 0 aromatic rings. The summed E-state index contributed by atoms with van der Waals surface area (Å²) < 4.78 is 0. The second kappa shape index (κ2) is 14.8. The van der Waals surface area contributed by atoms with Crippen LogP contribution in [0.5, 0.6) is 0 Å². The molecule has 0 rings (SSSR count). The highest BCUT2D eigenvalue weighted by Crippen LogP contribution is 2.03. The van der Waals surface area contributed by atoms with E-state index in [-0.39, 0.29) is 12.4 Å². The topological polar surface area (TPSA) is 4.44 Å². The third-order valence-electron chi connectivity index (χ3n) is 3.40. The van der Waals surface area contributed by atoms with Crippen molar-refractivity contribution in [2.45, 2.75) is 59.3 Å². The Morgan fingerprint density at radius 1 is 1.00 bits per heavy atom. The molecule has 0 aliphatic carbocycles. The van der Waals surface area contributed by atoms with Crippen LogP contribution in [0.4, 0.5) is 0 Å². The van der Waals surface area contributed by atoms with E-state index in [9.17, 15) is 0 Å². The average molecular weight is 274 g/mol.